The molecule has 0 saturated heterocycles. The Kier molecular flexibility index (Phi) is 8.53. The van der Waals surface area contributed by atoms with Gasteiger partial charge in [0.05, 0.1) is 18.0 Å². The molecule has 152 valence electrons. The first-order valence-corrected chi connectivity index (χ1v) is 11.0. The van der Waals surface area contributed by atoms with Crippen LogP contribution >= 0.6 is 0 Å². The van der Waals surface area contributed by atoms with Crippen LogP contribution in [0.1, 0.15) is 45.4 Å². The molecular formula is C19H30N2O5S. The van der Waals surface area contributed by atoms with Gasteiger partial charge in [0.15, 0.2) is 0 Å². The third-order valence-electron chi connectivity index (χ3n) is 4.68. The maximum Gasteiger partial charge on any atom is 0.243 e. The highest BCUT2D eigenvalue weighted by atomic mass is 32.2. The number of aliphatic hydroxyl groups excluding tert-OH is 1. The van der Waals surface area contributed by atoms with E-state index >= 15 is 0 Å². The lowest BCUT2D eigenvalue weighted by Crippen LogP contribution is -2.47. The van der Waals surface area contributed by atoms with Gasteiger partial charge in [-0.15, -0.1) is 0 Å². The summed E-state index contributed by atoms with van der Waals surface area (Å²) in [6, 6.07) is 6.16. The fourth-order valence-corrected chi connectivity index (χ4v) is 4.93. The first kappa shape index (κ1) is 21.7. The first-order valence-electron chi connectivity index (χ1n) is 9.61. The quantitative estimate of drug-likeness (QED) is 0.587. The minimum absolute atomic E-state index is 0.0168. The van der Waals surface area contributed by atoms with E-state index in [2.05, 4.69) is 5.32 Å². The van der Waals surface area contributed by atoms with Crippen LogP contribution in [0.2, 0.25) is 0 Å². The zero-order chi connectivity index (χ0) is 19.7. The number of nitrogens with zero attached hydrogens (tertiary/aromatic N) is 1. The van der Waals surface area contributed by atoms with Crippen molar-refractivity contribution in [3.8, 4) is 5.75 Å². The van der Waals surface area contributed by atoms with Gasteiger partial charge in [0.2, 0.25) is 15.9 Å². The molecule has 27 heavy (non-hydrogen) atoms. The molecule has 1 amide bonds. The third kappa shape index (κ3) is 6.19. The maximum atomic E-state index is 13.2. The van der Waals surface area contributed by atoms with Crippen LogP contribution in [-0.4, -0.2) is 56.1 Å². The van der Waals surface area contributed by atoms with Crippen LogP contribution in [-0.2, 0) is 14.8 Å². The summed E-state index contributed by atoms with van der Waals surface area (Å²) in [6.45, 7) is 2.48. The van der Waals surface area contributed by atoms with Crippen molar-refractivity contribution >= 4 is 15.9 Å². The summed E-state index contributed by atoms with van der Waals surface area (Å²) in [5, 5.41) is 11.5. The second-order valence-corrected chi connectivity index (χ2v) is 8.56. The predicted octanol–water partition coefficient (Wildman–Crippen LogP) is 1.91. The van der Waals surface area contributed by atoms with Gasteiger partial charge in [0.25, 0.3) is 0 Å². The minimum atomic E-state index is -3.79. The fraction of sp³-hybridized carbons (Fsp3) is 0.632. The lowest BCUT2D eigenvalue weighted by Gasteiger charge is -2.33. The summed E-state index contributed by atoms with van der Waals surface area (Å²) in [7, 11) is -3.79. The molecule has 0 bridgehead atoms. The topological polar surface area (TPSA) is 95.9 Å². The summed E-state index contributed by atoms with van der Waals surface area (Å²) < 4.78 is 33.2. The molecule has 1 saturated carbocycles. The summed E-state index contributed by atoms with van der Waals surface area (Å²) in [4.78, 5) is 12.4. The Morgan fingerprint density at radius 2 is 1.89 bits per heavy atom. The van der Waals surface area contributed by atoms with Crippen molar-refractivity contribution in [1.82, 2.24) is 9.62 Å². The van der Waals surface area contributed by atoms with Gasteiger partial charge < -0.3 is 15.2 Å². The van der Waals surface area contributed by atoms with Crippen LogP contribution in [0.25, 0.3) is 0 Å². The van der Waals surface area contributed by atoms with Crippen LogP contribution in [0.4, 0.5) is 0 Å². The molecule has 8 heteroatoms. The Hall–Kier alpha value is -1.64. The van der Waals surface area contributed by atoms with Crippen LogP contribution in [0.3, 0.4) is 0 Å². The smallest absolute Gasteiger partial charge is 0.243 e. The minimum Gasteiger partial charge on any atom is -0.494 e. The van der Waals surface area contributed by atoms with Gasteiger partial charge in [0.1, 0.15) is 5.75 Å². The molecule has 1 fully saturated rings. The molecule has 0 unspecified atom stereocenters. The highest BCUT2D eigenvalue weighted by Crippen LogP contribution is 2.28. The predicted molar refractivity (Wildman–Crippen MR) is 103 cm³/mol. The van der Waals surface area contributed by atoms with Crippen molar-refractivity contribution < 1.29 is 23.1 Å². The number of nitrogens with one attached hydrogen (secondary N) is 1. The molecule has 0 heterocycles. The number of ether oxygens (including phenoxy) is 1. The van der Waals surface area contributed by atoms with Crippen LogP contribution in [0.15, 0.2) is 29.2 Å². The van der Waals surface area contributed by atoms with Gasteiger partial charge in [-0.25, -0.2) is 8.42 Å². The van der Waals surface area contributed by atoms with E-state index < -0.39 is 10.0 Å². The first-order chi connectivity index (χ1) is 13.0. The van der Waals surface area contributed by atoms with E-state index in [0.717, 1.165) is 32.1 Å². The lowest BCUT2D eigenvalue weighted by molar-refractivity contribution is -0.121. The number of aliphatic hydroxyl groups is 1. The molecule has 0 aliphatic heterocycles. The average Bonchev–Trinajstić information content (AvgIpc) is 2.67. The van der Waals surface area contributed by atoms with Gasteiger partial charge in [-0.1, -0.05) is 19.3 Å². The normalized spacial score (nSPS) is 15.7. The second-order valence-electron chi connectivity index (χ2n) is 6.67. The summed E-state index contributed by atoms with van der Waals surface area (Å²) >= 11 is 0. The Labute approximate surface area is 161 Å². The van der Waals surface area contributed by atoms with Crippen LogP contribution in [0.5, 0.6) is 5.75 Å². The van der Waals surface area contributed by atoms with Crippen molar-refractivity contribution in [3.63, 3.8) is 0 Å². The summed E-state index contributed by atoms with van der Waals surface area (Å²) in [6.07, 6.45) is 5.00. The molecule has 1 aromatic rings. The summed E-state index contributed by atoms with van der Waals surface area (Å²) in [5.41, 5.74) is 0. The largest absolute Gasteiger partial charge is 0.494 e. The van der Waals surface area contributed by atoms with Gasteiger partial charge in [-0.3, -0.25) is 4.79 Å². The van der Waals surface area contributed by atoms with Crippen molar-refractivity contribution in [1.29, 1.82) is 0 Å². The van der Waals surface area contributed by atoms with E-state index in [9.17, 15) is 13.2 Å². The van der Waals surface area contributed by atoms with E-state index in [1.807, 2.05) is 6.92 Å². The van der Waals surface area contributed by atoms with E-state index in [-0.39, 0.29) is 30.0 Å². The molecule has 0 atom stereocenters. The van der Waals surface area contributed by atoms with E-state index in [4.69, 9.17) is 9.84 Å². The standard InChI is InChI=1S/C19H30N2O5S/c1-2-26-17-9-11-18(12-10-17)27(24,25)21(16-7-4-3-5-8-16)15-19(23)20-13-6-14-22/h9-12,16,22H,2-8,13-15H2,1H3,(H,20,23). The number of amides is 1. The SMILES string of the molecule is CCOc1ccc(S(=O)(=O)N(CC(=O)NCCCO)C2CCCCC2)cc1. The average molecular weight is 399 g/mol. The highest BCUT2D eigenvalue weighted by molar-refractivity contribution is 7.89. The number of carbonyl (C=O) groups is 1. The van der Waals surface area contributed by atoms with Crippen molar-refractivity contribution in [3.05, 3.63) is 24.3 Å². The molecule has 1 aliphatic carbocycles. The molecule has 2 N–H and O–H groups in total. The van der Waals surface area contributed by atoms with Gasteiger partial charge in [-0.05, 0) is 50.5 Å². The zero-order valence-electron chi connectivity index (χ0n) is 15.9. The Balaban J connectivity index is 2.20. The lowest BCUT2D eigenvalue weighted by atomic mass is 9.95. The van der Waals surface area contributed by atoms with Crippen LogP contribution < -0.4 is 10.1 Å². The molecular weight excluding hydrogens is 368 g/mol. The zero-order valence-corrected chi connectivity index (χ0v) is 16.7. The maximum absolute atomic E-state index is 13.2. The molecule has 2 rings (SSSR count). The third-order valence-corrected chi connectivity index (χ3v) is 6.59. The van der Waals surface area contributed by atoms with Gasteiger partial charge in [0, 0.05) is 19.2 Å². The molecule has 0 spiro atoms. The second kappa shape index (κ2) is 10.6. The Morgan fingerprint density at radius 1 is 1.22 bits per heavy atom. The van der Waals surface area contributed by atoms with E-state index in [0.29, 0.717) is 25.3 Å². The molecule has 7 nitrogen and oxygen atoms in total. The van der Waals surface area contributed by atoms with Crippen molar-refractivity contribution in [2.75, 3.05) is 26.3 Å². The summed E-state index contributed by atoms with van der Waals surface area (Å²) in [5.74, 6) is 0.269. The molecule has 0 radical (unpaired) electrons. The number of benzene rings is 1. The number of sulfonamides is 1. The van der Waals surface area contributed by atoms with Gasteiger partial charge >= 0.3 is 0 Å². The monoisotopic (exact) mass is 398 g/mol. The molecule has 1 aromatic carbocycles. The van der Waals surface area contributed by atoms with E-state index in [1.165, 1.54) is 16.4 Å². The number of hydrogen-bond donors (Lipinski definition) is 2. The Morgan fingerprint density at radius 3 is 2.48 bits per heavy atom. The Bertz CT molecular complexity index is 685. The molecule has 1 aliphatic rings. The number of hydrogen-bond acceptors (Lipinski definition) is 5. The van der Waals surface area contributed by atoms with Crippen LogP contribution in [0, 0.1) is 0 Å². The fourth-order valence-electron chi connectivity index (χ4n) is 3.29. The number of rotatable bonds is 10. The van der Waals surface area contributed by atoms with Crippen molar-refractivity contribution in [2.24, 2.45) is 0 Å². The highest BCUT2D eigenvalue weighted by Gasteiger charge is 2.33. The van der Waals surface area contributed by atoms with E-state index in [1.54, 1.807) is 12.1 Å². The van der Waals surface area contributed by atoms with Gasteiger partial charge in [-0.2, -0.15) is 4.31 Å². The number of carbonyl (C=O) groups excluding carboxylic acids is 1. The molecule has 0 aromatic heterocycles. The van der Waals surface area contributed by atoms with Crippen molar-refractivity contribution in [2.45, 2.75) is 56.4 Å².